The fourth-order valence-electron chi connectivity index (χ4n) is 3.63. The molecule has 4 nitrogen and oxygen atoms in total. The van der Waals surface area contributed by atoms with E-state index in [-0.39, 0.29) is 11.9 Å². The van der Waals surface area contributed by atoms with E-state index in [0.717, 1.165) is 26.2 Å². The van der Waals surface area contributed by atoms with Crippen molar-refractivity contribution in [2.75, 3.05) is 26.7 Å². The van der Waals surface area contributed by atoms with Crippen LogP contribution in [0.5, 0.6) is 0 Å². The minimum absolute atomic E-state index is 0.169. The number of rotatable bonds is 8. The zero-order chi connectivity index (χ0) is 17.4. The van der Waals surface area contributed by atoms with Crippen molar-refractivity contribution in [1.29, 1.82) is 0 Å². The summed E-state index contributed by atoms with van der Waals surface area (Å²) in [4.78, 5) is 14.6. The average molecular weight is 332 g/mol. The third-order valence-electron chi connectivity index (χ3n) is 4.94. The van der Waals surface area contributed by atoms with Crippen LogP contribution in [0.4, 0.5) is 0 Å². The van der Waals surface area contributed by atoms with Gasteiger partial charge in [-0.15, -0.1) is 0 Å². The Morgan fingerprint density at radius 2 is 2.08 bits per heavy atom. The number of amides is 1. The first kappa shape index (κ1) is 18.9. The molecule has 0 aromatic heterocycles. The average Bonchev–Trinajstić information content (AvgIpc) is 2.56. The van der Waals surface area contributed by atoms with E-state index in [4.69, 9.17) is 0 Å². The summed E-state index contributed by atoms with van der Waals surface area (Å²) in [5, 5.41) is 6.61. The zero-order valence-corrected chi connectivity index (χ0v) is 15.4. The van der Waals surface area contributed by atoms with Crippen LogP contribution in [0.25, 0.3) is 0 Å². The van der Waals surface area contributed by atoms with Gasteiger partial charge in [-0.05, 0) is 57.3 Å². The van der Waals surface area contributed by atoms with Gasteiger partial charge >= 0.3 is 0 Å². The van der Waals surface area contributed by atoms with Gasteiger partial charge in [-0.1, -0.05) is 37.3 Å². The molecule has 2 N–H and O–H groups in total. The van der Waals surface area contributed by atoms with Crippen LogP contribution in [0.15, 0.2) is 30.3 Å². The summed E-state index contributed by atoms with van der Waals surface area (Å²) in [5.74, 6) is 1.28. The number of nitrogens with one attached hydrogen (secondary N) is 2. The molecule has 3 unspecified atom stereocenters. The maximum Gasteiger partial charge on any atom is 0.220 e. The SMILES string of the molecule is CC(CN(C)Cc1ccccc1)NC(=O)CC(C)C1CCCNC1. The van der Waals surface area contributed by atoms with Gasteiger partial charge in [-0.2, -0.15) is 0 Å². The number of nitrogens with zero attached hydrogens (tertiary/aromatic N) is 1. The molecule has 1 fully saturated rings. The summed E-state index contributed by atoms with van der Waals surface area (Å²) in [6, 6.07) is 10.6. The Morgan fingerprint density at radius 1 is 1.33 bits per heavy atom. The van der Waals surface area contributed by atoms with Crippen LogP contribution in [0, 0.1) is 11.8 Å². The predicted molar refractivity (Wildman–Crippen MR) is 99.8 cm³/mol. The van der Waals surface area contributed by atoms with Crippen molar-refractivity contribution in [3.8, 4) is 0 Å². The van der Waals surface area contributed by atoms with E-state index < -0.39 is 0 Å². The van der Waals surface area contributed by atoms with E-state index in [1.165, 1.54) is 18.4 Å². The number of likely N-dealkylation sites (N-methyl/N-ethyl adjacent to an activating group) is 1. The molecule has 0 radical (unpaired) electrons. The summed E-state index contributed by atoms with van der Waals surface area (Å²) < 4.78 is 0. The van der Waals surface area contributed by atoms with Crippen molar-refractivity contribution < 1.29 is 4.79 Å². The second-order valence-corrected chi connectivity index (χ2v) is 7.44. The predicted octanol–water partition coefficient (Wildman–Crippen LogP) is 2.65. The van der Waals surface area contributed by atoms with Crippen molar-refractivity contribution in [2.24, 2.45) is 11.8 Å². The Kier molecular flexibility index (Phi) is 7.73. The molecule has 0 saturated carbocycles. The fraction of sp³-hybridized carbons (Fsp3) is 0.650. The molecule has 3 atom stereocenters. The largest absolute Gasteiger partial charge is 0.352 e. The van der Waals surface area contributed by atoms with Crippen LogP contribution in [0.1, 0.15) is 38.7 Å². The highest BCUT2D eigenvalue weighted by molar-refractivity contribution is 5.76. The lowest BCUT2D eigenvalue weighted by molar-refractivity contribution is -0.123. The van der Waals surface area contributed by atoms with Crippen LogP contribution < -0.4 is 10.6 Å². The Hall–Kier alpha value is -1.39. The van der Waals surface area contributed by atoms with Gasteiger partial charge in [-0.3, -0.25) is 4.79 Å². The van der Waals surface area contributed by atoms with E-state index in [1.807, 2.05) is 6.07 Å². The molecule has 4 heteroatoms. The van der Waals surface area contributed by atoms with Crippen LogP contribution in [0.2, 0.25) is 0 Å². The minimum atomic E-state index is 0.169. The van der Waals surface area contributed by atoms with Crippen molar-refractivity contribution >= 4 is 5.91 Å². The number of piperidine rings is 1. The van der Waals surface area contributed by atoms with Gasteiger partial charge in [0.1, 0.15) is 0 Å². The normalized spacial score (nSPS) is 20.6. The van der Waals surface area contributed by atoms with Crippen molar-refractivity contribution in [3.63, 3.8) is 0 Å². The van der Waals surface area contributed by atoms with E-state index in [0.29, 0.717) is 18.3 Å². The first-order chi connectivity index (χ1) is 11.5. The molecule has 1 amide bonds. The van der Waals surface area contributed by atoms with Crippen molar-refractivity contribution in [2.45, 2.75) is 45.7 Å². The molecular weight excluding hydrogens is 298 g/mol. The smallest absolute Gasteiger partial charge is 0.220 e. The molecule has 1 aliphatic heterocycles. The van der Waals surface area contributed by atoms with Gasteiger partial charge in [0.25, 0.3) is 0 Å². The van der Waals surface area contributed by atoms with Gasteiger partial charge in [0, 0.05) is 25.6 Å². The molecule has 134 valence electrons. The van der Waals surface area contributed by atoms with E-state index in [2.05, 4.69) is 60.7 Å². The van der Waals surface area contributed by atoms with Crippen molar-refractivity contribution in [3.05, 3.63) is 35.9 Å². The van der Waals surface area contributed by atoms with Crippen LogP contribution >= 0.6 is 0 Å². The fourth-order valence-corrected chi connectivity index (χ4v) is 3.63. The molecule has 24 heavy (non-hydrogen) atoms. The molecule has 1 saturated heterocycles. The number of hydrogen-bond acceptors (Lipinski definition) is 3. The molecule has 0 spiro atoms. The second kappa shape index (κ2) is 9.80. The highest BCUT2D eigenvalue weighted by Gasteiger charge is 2.22. The van der Waals surface area contributed by atoms with Gasteiger partial charge in [-0.25, -0.2) is 0 Å². The summed E-state index contributed by atoms with van der Waals surface area (Å²) in [6.45, 7) is 8.25. The van der Waals surface area contributed by atoms with Gasteiger partial charge < -0.3 is 15.5 Å². The molecule has 2 rings (SSSR count). The zero-order valence-electron chi connectivity index (χ0n) is 15.4. The number of carbonyl (C=O) groups is 1. The number of benzene rings is 1. The quantitative estimate of drug-likeness (QED) is 0.770. The number of hydrogen-bond donors (Lipinski definition) is 2. The van der Waals surface area contributed by atoms with Crippen LogP contribution in [0.3, 0.4) is 0 Å². The molecule has 1 heterocycles. The first-order valence-electron chi connectivity index (χ1n) is 9.27. The number of carbonyl (C=O) groups excluding carboxylic acids is 1. The molecular formula is C20H33N3O. The summed E-state index contributed by atoms with van der Waals surface area (Å²) in [7, 11) is 2.10. The van der Waals surface area contributed by atoms with E-state index in [1.54, 1.807) is 0 Å². The Balaban J connectivity index is 1.68. The third-order valence-corrected chi connectivity index (χ3v) is 4.94. The van der Waals surface area contributed by atoms with Crippen LogP contribution in [-0.4, -0.2) is 43.5 Å². The van der Waals surface area contributed by atoms with Gasteiger partial charge in [0.05, 0.1) is 0 Å². The summed E-state index contributed by atoms with van der Waals surface area (Å²) in [6.07, 6.45) is 3.12. The third kappa shape index (κ3) is 6.62. The Bertz CT molecular complexity index is 485. The lowest BCUT2D eigenvalue weighted by atomic mass is 9.85. The van der Waals surface area contributed by atoms with Crippen molar-refractivity contribution in [1.82, 2.24) is 15.5 Å². The molecule has 1 aromatic rings. The topological polar surface area (TPSA) is 44.4 Å². The Morgan fingerprint density at radius 3 is 2.75 bits per heavy atom. The maximum atomic E-state index is 12.3. The maximum absolute atomic E-state index is 12.3. The molecule has 0 bridgehead atoms. The van der Waals surface area contributed by atoms with E-state index in [9.17, 15) is 4.79 Å². The highest BCUT2D eigenvalue weighted by atomic mass is 16.1. The second-order valence-electron chi connectivity index (χ2n) is 7.44. The Labute approximate surface area is 147 Å². The lowest BCUT2D eigenvalue weighted by Gasteiger charge is -2.28. The first-order valence-corrected chi connectivity index (χ1v) is 9.27. The van der Waals surface area contributed by atoms with Crippen LogP contribution in [-0.2, 0) is 11.3 Å². The van der Waals surface area contributed by atoms with E-state index >= 15 is 0 Å². The van der Waals surface area contributed by atoms with Gasteiger partial charge in [0.2, 0.25) is 5.91 Å². The standard InChI is InChI=1S/C20H33N3O/c1-16(19-10-7-11-21-13-19)12-20(24)22-17(2)14-23(3)15-18-8-5-4-6-9-18/h4-6,8-9,16-17,19,21H,7,10-15H2,1-3H3,(H,22,24). The lowest BCUT2D eigenvalue weighted by Crippen LogP contribution is -2.42. The van der Waals surface area contributed by atoms with Gasteiger partial charge in [0.15, 0.2) is 0 Å². The molecule has 1 aliphatic rings. The summed E-state index contributed by atoms with van der Waals surface area (Å²) in [5.41, 5.74) is 1.30. The minimum Gasteiger partial charge on any atom is -0.352 e. The monoisotopic (exact) mass is 331 g/mol. The molecule has 1 aromatic carbocycles. The summed E-state index contributed by atoms with van der Waals surface area (Å²) >= 11 is 0. The highest BCUT2D eigenvalue weighted by Crippen LogP contribution is 2.22. The molecule has 0 aliphatic carbocycles.